The van der Waals surface area contributed by atoms with Gasteiger partial charge in [0.2, 0.25) is 5.95 Å². The second-order valence-electron chi connectivity index (χ2n) is 13.0. The van der Waals surface area contributed by atoms with E-state index in [0.29, 0.717) is 18.0 Å². The molecule has 2 aromatic carbocycles. The Hall–Kier alpha value is -4.67. The fourth-order valence-corrected chi connectivity index (χ4v) is 6.13. The number of carbonyl (C=O) groups is 2. The Labute approximate surface area is 296 Å². The highest BCUT2D eigenvalue weighted by molar-refractivity contribution is 5.69. The van der Waals surface area contributed by atoms with Crippen LogP contribution in [0.1, 0.15) is 43.4 Å². The summed E-state index contributed by atoms with van der Waals surface area (Å²) in [4.78, 5) is 33.9. The minimum atomic E-state index is -4.57. The van der Waals surface area contributed by atoms with Crippen LogP contribution >= 0.6 is 0 Å². The Morgan fingerprint density at radius 3 is 1.63 bits per heavy atom. The second kappa shape index (κ2) is 17.2. The van der Waals surface area contributed by atoms with Crippen LogP contribution in [0.15, 0.2) is 73.1 Å². The summed E-state index contributed by atoms with van der Waals surface area (Å²) in [5, 5.41) is 2.73. The molecule has 2 saturated heterocycles. The summed E-state index contributed by atoms with van der Waals surface area (Å²) >= 11 is 0. The van der Waals surface area contributed by atoms with E-state index in [1.165, 1.54) is 0 Å². The molecule has 2 aliphatic rings. The molecule has 0 bridgehead atoms. The lowest BCUT2D eigenvalue weighted by Crippen LogP contribution is -2.57. The molecule has 52 heavy (non-hydrogen) atoms. The molecule has 3 aromatic rings. The first-order valence-corrected chi connectivity index (χ1v) is 16.5. The highest BCUT2D eigenvalue weighted by atomic mass is 19.4. The number of aromatic nitrogens is 2. The van der Waals surface area contributed by atoms with Gasteiger partial charge in [0.25, 0.3) is 11.8 Å². The van der Waals surface area contributed by atoms with Crippen LogP contribution in [-0.4, -0.2) is 82.1 Å². The third kappa shape index (κ3) is 11.4. The molecule has 284 valence electrons. The monoisotopic (exact) mass is 742 g/mol. The van der Waals surface area contributed by atoms with Crippen molar-refractivity contribution in [2.24, 2.45) is 17.6 Å². The number of benzene rings is 2. The van der Waals surface area contributed by atoms with Gasteiger partial charge in [-0.15, -0.1) is 0 Å². The lowest BCUT2D eigenvalue weighted by Gasteiger charge is -2.42. The van der Waals surface area contributed by atoms with Gasteiger partial charge in [0.15, 0.2) is 0 Å². The minimum absolute atomic E-state index is 0.0248. The van der Waals surface area contributed by atoms with E-state index in [0.717, 1.165) is 15.4 Å². The van der Waals surface area contributed by atoms with Gasteiger partial charge in [0.1, 0.15) is 13.2 Å². The van der Waals surface area contributed by atoms with Gasteiger partial charge in [0.05, 0.1) is 30.7 Å². The molecule has 2 aliphatic heterocycles. The number of likely N-dealkylation sites (tertiary alicyclic amines) is 2. The number of anilines is 1. The standard InChI is InChI=1S/C20H21F5N4O2.C15H20F2N2O2/c1-13-7-19(21,22)12-29(18(30)31-11-14-5-3-2-4-6-14)16(13)10-28-17-26-8-15(9-27-17)20(23,24)25;1-11-7-15(16,17)10-19(13(11)8-18)14(20)21-9-12-5-3-2-4-6-12/h2-6,8-9,13,16H,7,10-12H2,1H3,(H,26,27,28);2-6,11,13H,7-10,18H2,1H3/t13-,16-;11-,13-/m11/s1. The average Bonchev–Trinajstić information content (AvgIpc) is 3.09. The van der Waals surface area contributed by atoms with Crippen molar-refractivity contribution in [3.63, 3.8) is 0 Å². The number of hydrogen-bond donors (Lipinski definition) is 2. The quantitative estimate of drug-likeness (QED) is 0.232. The average molecular weight is 743 g/mol. The van der Waals surface area contributed by atoms with Gasteiger partial charge in [-0.25, -0.2) is 37.1 Å². The number of hydrogen-bond acceptors (Lipinski definition) is 8. The molecule has 4 atom stereocenters. The van der Waals surface area contributed by atoms with E-state index in [2.05, 4.69) is 15.3 Å². The molecule has 2 fully saturated rings. The Balaban J connectivity index is 0.000000251. The molecular weight excluding hydrogens is 701 g/mol. The lowest BCUT2D eigenvalue weighted by molar-refractivity contribution is -0.138. The highest BCUT2D eigenvalue weighted by Crippen LogP contribution is 2.36. The number of nitrogens with zero attached hydrogens (tertiary/aromatic N) is 4. The molecule has 3 N–H and O–H groups in total. The Morgan fingerprint density at radius 2 is 1.21 bits per heavy atom. The SMILES string of the molecule is C[C@@H]1CC(F)(F)CN(C(=O)OCc2ccccc2)[C@@H]1CN.C[C@@H]1CC(F)(F)CN(C(=O)OCc2ccccc2)[C@@H]1CNc1ncc(C(F)(F)F)cn1. The van der Waals surface area contributed by atoms with Gasteiger partial charge >= 0.3 is 18.4 Å². The summed E-state index contributed by atoms with van der Waals surface area (Å²) in [5.74, 6) is -7.03. The van der Waals surface area contributed by atoms with Crippen molar-refractivity contribution in [1.82, 2.24) is 19.8 Å². The first-order valence-electron chi connectivity index (χ1n) is 16.5. The molecule has 0 unspecified atom stereocenters. The number of piperidine rings is 2. The fraction of sp³-hybridized carbons (Fsp3) is 0.486. The van der Waals surface area contributed by atoms with E-state index in [1.807, 2.05) is 18.2 Å². The molecule has 3 heterocycles. The van der Waals surface area contributed by atoms with Crippen LogP contribution in [0.25, 0.3) is 0 Å². The van der Waals surface area contributed by atoms with Crippen molar-refractivity contribution in [1.29, 1.82) is 0 Å². The number of rotatable bonds is 8. The van der Waals surface area contributed by atoms with E-state index < -0.39 is 73.3 Å². The van der Waals surface area contributed by atoms with Crippen molar-refractivity contribution in [2.45, 2.75) is 70.0 Å². The van der Waals surface area contributed by atoms with Crippen LogP contribution in [0, 0.1) is 11.8 Å². The van der Waals surface area contributed by atoms with Gasteiger partial charge in [-0.1, -0.05) is 74.5 Å². The number of halogens is 7. The van der Waals surface area contributed by atoms with Crippen LogP contribution in [-0.2, 0) is 28.9 Å². The minimum Gasteiger partial charge on any atom is -0.445 e. The van der Waals surface area contributed by atoms with Gasteiger partial charge < -0.3 is 20.5 Å². The zero-order chi connectivity index (χ0) is 38.1. The molecule has 17 heteroatoms. The number of ether oxygens (including phenoxy) is 2. The first-order chi connectivity index (χ1) is 24.5. The maximum atomic E-state index is 14.1. The molecule has 10 nitrogen and oxygen atoms in total. The van der Waals surface area contributed by atoms with Gasteiger partial charge in [-0.05, 0) is 23.0 Å². The zero-order valence-corrected chi connectivity index (χ0v) is 28.5. The molecule has 1 aromatic heterocycles. The van der Waals surface area contributed by atoms with E-state index in [1.54, 1.807) is 56.3 Å². The summed E-state index contributed by atoms with van der Waals surface area (Å²) in [5.41, 5.74) is 6.14. The molecule has 5 rings (SSSR count). The summed E-state index contributed by atoms with van der Waals surface area (Å²) in [6.45, 7) is 1.93. The van der Waals surface area contributed by atoms with Crippen molar-refractivity contribution in [3.05, 3.63) is 89.7 Å². The van der Waals surface area contributed by atoms with Crippen LogP contribution in [0.2, 0.25) is 0 Å². The second-order valence-corrected chi connectivity index (χ2v) is 13.0. The normalized spacial score (nSPS) is 22.4. The molecule has 0 aliphatic carbocycles. The summed E-state index contributed by atoms with van der Waals surface area (Å²) in [6, 6.07) is 16.8. The molecule has 2 amide bonds. The number of nitrogens with one attached hydrogen (secondary N) is 1. The number of nitrogens with two attached hydrogens (primary N) is 1. The number of alkyl halides is 7. The highest BCUT2D eigenvalue weighted by Gasteiger charge is 2.47. The predicted octanol–water partition coefficient (Wildman–Crippen LogP) is 7.22. The number of amides is 2. The maximum absolute atomic E-state index is 14.1. The van der Waals surface area contributed by atoms with Gasteiger partial charge in [-0.3, -0.25) is 9.80 Å². The molecule has 0 radical (unpaired) electrons. The van der Waals surface area contributed by atoms with Crippen LogP contribution in [0.3, 0.4) is 0 Å². The largest absolute Gasteiger partial charge is 0.445 e. The van der Waals surface area contributed by atoms with E-state index in [9.17, 15) is 40.3 Å². The first kappa shape index (κ1) is 40.1. The Morgan fingerprint density at radius 1 is 0.788 bits per heavy atom. The predicted molar refractivity (Wildman–Crippen MR) is 176 cm³/mol. The Kier molecular flexibility index (Phi) is 13.3. The van der Waals surface area contributed by atoms with E-state index >= 15 is 0 Å². The van der Waals surface area contributed by atoms with Crippen molar-refractivity contribution >= 4 is 18.1 Å². The molecular formula is C35H41F7N6O4. The van der Waals surface area contributed by atoms with Crippen molar-refractivity contribution in [3.8, 4) is 0 Å². The van der Waals surface area contributed by atoms with Gasteiger partial charge in [-0.2, -0.15) is 13.2 Å². The third-order valence-electron chi connectivity index (χ3n) is 8.73. The lowest BCUT2D eigenvalue weighted by atomic mass is 9.89. The fourth-order valence-electron chi connectivity index (χ4n) is 6.13. The Bertz CT molecular complexity index is 1590. The van der Waals surface area contributed by atoms with E-state index in [-0.39, 0.29) is 44.6 Å². The maximum Gasteiger partial charge on any atom is 0.419 e. The summed E-state index contributed by atoms with van der Waals surface area (Å²) in [7, 11) is 0. The van der Waals surface area contributed by atoms with Crippen LogP contribution in [0.4, 0.5) is 46.3 Å². The van der Waals surface area contributed by atoms with Crippen LogP contribution < -0.4 is 11.1 Å². The zero-order valence-electron chi connectivity index (χ0n) is 28.5. The smallest absolute Gasteiger partial charge is 0.419 e. The topological polar surface area (TPSA) is 123 Å². The van der Waals surface area contributed by atoms with Gasteiger partial charge in [0, 0.05) is 38.3 Å². The molecule has 0 spiro atoms. The summed E-state index contributed by atoms with van der Waals surface area (Å²) < 4.78 is 104. The van der Waals surface area contributed by atoms with Crippen molar-refractivity contribution in [2.75, 3.05) is 31.5 Å². The summed E-state index contributed by atoms with van der Waals surface area (Å²) in [6.07, 6.45) is -5.64. The van der Waals surface area contributed by atoms with E-state index in [4.69, 9.17) is 15.2 Å². The molecule has 0 saturated carbocycles. The van der Waals surface area contributed by atoms with Crippen LogP contribution in [0.5, 0.6) is 0 Å². The van der Waals surface area contributed by atoms with Crippen molar-refractivity contribution < 1.29 is 49.8 Å². The number of carbonyl (C=O) groups excluding carboxylic acids is 2. The third-order valence-corrected chi connectivity index (χ3v) is 8.73.